The van der Waals surface area contributed by atoms with Crippen LogP contribution in [0.25, 0.3) is 0 Å². The Morgan fingerprint density at radius 2 is 2.58 bits per heavy atom. The second-order valence-electron chi connectivity index (χ2n) is 2.69. The van der Waals surface area contributed by atoms with E-state index in [-0.39, 0.29) is 0 Å². The number of hydrogen-bond donors (Lipinski definition) is 2. The maximum absolute atomic E-state index is 5.56. The maximum Gasteiger partial charge on any atom is 0.180 e. The molecule has 0 amide bonds. The molecule has 1 aliphatic rings. The van der Waals surface area contributed by atoms with Crippen LogP contribution in [0.3, 0.4) is 0 Å². The van der Waals surface area contributed by atoms with E-state index in [2.05, 4.69) is 10.3 Å². The summed E-state index contributed by atoms with van der Waals surface area (Å²) in [5.74, 6) is 2.32. The molecule has 66 valence electrons. The van der Waals surface area contributed by atoms with Crippen molar-refractivity contribution in [3.8, 4) is 0 Å². The van der Waals surface area contributed by atoms with Crippen molar-refractivity contribution < 1.29 is 0 Å². The van der Waals surface area contributed by atoms with Gasteiger partial charge in [0, 0.05) is 23.4 Å². The minimum atomic E-state index is 0.414. The molecule has 2 heterocycles. The van der Waals surface area contributed by atoms with Crippen LogP contribution in [-0.2, 0) is 0 Å². The van der Waals surface area contributed by atoms with Gasteiger partial charge in [-0.1, -0.05) is 0 Å². The first-order chi connectivity index (χ1) is 5.86. The number of nitrogens with zero attached hydrogens (tertiary/aromatic N) is 1. The summed E-state index contributed by atoms with van der Waals surface area (Å²) in [4.78, 5) is 4.25. The molecule has 1 aromatic rings. The Kier molecular flexibility index (Phi) is 2.53. The average Bonchev–Trinajstić information content (AvgIpc) is 2.54. The van der Waals surface area contributed by atoms with E-state index in [1.54, 1.807) is 0 Å². The van der Waals surface area contributed by atoms with Crippen molar-refractivity contribution in [1.82, 2.24) is 10.3 Å². The molecule has 0 saturated carbocycles. The summed E-state index contributed by atoms with van der Waals surface area (Å²) < 4.78 is 0. The Labute approximate surface area is 79.8 Å². The van der Waals surface area contributed by atoms with Crippen molar-refractivity contribution in [3.63, 3.8) is 0 Å². The molecule has 3 N–H and O–H groups in total. The minimum Gasteiger partial charge on any atom is -0.375 e. The van der Waals surface area contributed by atoms with Crippen molar-refractivity contribution in [1.29, 1.82) is 0 Å². The first-order valence-electron chi connectivity index (χ1n) is 3.88. The summed E-state index contributed by atoms with van der Waals surface area (Å²) in [7, 11) is 0. The molecule has 0 radical (unpaired) electrons. The van der Waals surface area contributed by atoms with Crippen LogP contribution in [0.2, 0.25) is 0 Å². The fraction of sp³-hybridized carbons (Fsp3) is 0.571. The van der Waals surface area contributed by atoms with Crippen LogP contribution in [-0.4, -0.2) is 23.0 Å². The second-order valence-corrected chi connectivity index (χ2v) is 4.73. The Morgan fingerprint density at radius 3 is 3.17 bits per heavy atom. The molecule has 0 spiro atoms. The van der Waals surface area contributed by atoms with E-state index in [4.69, 9.17) is 5.73 Å². The number of thioether (sulfide) groups is 1. The third-order valence-electron chi connectivity index (χ3n) is 1.82. The van der Waals surface area contributed by atoms with Crippen molar-refractivity contribution >= 4 is 28.2 Å². The summed E-state index contributed by atoms with van der Waals surface area (Å²) >= 11 is 3.48. The van der Waals surface area contributed by atoms with Gasteiger partial charge >= 0.3 is 0 Å². The Balaban J connectivity index is 2.08. The summed E-state index contributed by atoms with van der Waals surface area (Å²) in [6, 6.07) is 0.414. The predicted octanol–water partition coefficient (Wildman–Crippen LogP) is 1.10. The van der Waals surface area contributed by atoms with E-state index in [1.165, 1.54) is 17.1 Å². The van der Waals surface area contributed by atoms with E-state index in [9.17, 15) is 0 Å². The van der Waals surface area contributed by atoms with Crippen LogP contribution in [0.5, 0.6) is 0 Å². The zero-order chi connectivity index (χ0) is 8.39. The predicted molar refractivity (Wildman–Crippen MR) is 54.6 cm³/mol. The van der Waals surface area contributed by atoms with Crippen LogP contribution < -0.4 is 11.1 Å². The highest BCUT2D eigenvalue weighted by molar-refractivity contribution is 7.99. The molecule has 0 aliphatic carbocycles. The number of anilines is 1. The minimum absolute atomic E-state index is 0.414. The maximum atomic E-state index is 5.56. The van der Waals surface area contributed by atoms with Crippen LogP contribution in [0.1, 0.15) is 11.7 Å². The topological polar surface area (TPSA) is 50.9 Å². The third kappa shape index (κ3) is 1.73. The van der Waals surface area contributed by atoms with Gasteiger partial charge in [0.15, 0.2) is 5.13 Å². The first kappa shape index (κ1) is 8.34. The largest absolute Gasteiger partial charge is 0.375 e. The van der Waals surface area contributed by atoms with Gasteiger partial charge in [-0.15, -0.1) is 11.3 Å². The van der Waals surface area contributed by atoms with E-state index in [1.807, 2.05) is 17.1 Å². The zero-order valence-electron chi connectivity index (χ0n) is 6.62. The second kappa shape index (κ2) is 3.64. The standard InChI is InChI=1S/C7H11N3S2/c8-7-10-6(4-12-7)5-3-11-2-1-9-5/h4-5,9H,1-3H2,(H2,8,10). The van der Waals surface area contributed by atoms with Crippen LogP contribution >= 0.6 is 23.1 Å². The van der Waals surface area contributed by atoms with Crippen LogP contribution in [0.15, 0.2) is 5.38 Å². The molecular weight excluding hydrogens is 190 g/mol. The highest BCUT2D eigenvalue weighted by Crippen LogP contribution is 2.23. The first-order valence-corrected chi connectivity index (χ1v) is 5.92. The quantitative estimate of drug-likeness (QED) is 0.714. The lowest BCUT2D eigenvalue weighted by Gasteiger charge is -2.21. The molecule has 5 heteroatoms. The Hall–Kier alpha value is -0.260. The van der Waals surface area contributed by atoms with Gasteiger partial charge in [0.25, 0.3) is 0 Å². The van der Waals surface area contributed by atoms with E-state index < -0.39 is 0 Å². The third-order valence-corrected chi connectivity index (χ3v) is 3.57. The summed E-state index contributed by atoms with van der Waals surface area (Å²) in [6.07, 6.45) is 0. The lowest BCUT2D eigenvalue weighted by Crippen LogP contribution is -2.30. The van der Waals surface area contributed by atoms with Crippen LogP contribution in [0, 0.1) is 0 Å². The normalized spacial score (nSPS) is 24.2. The fourth-order valence-electron chi connectivity index (χ4n) is 1.22. The number of aromatic nitrogens is 1. The van der Waals surface area contributed by atoms with Gasteiger partial charge in [0.1, 0.15) is 0 Å². The molecule has 1 fully saturated rings. The molecule has 1 aliphatic heterocycles. The Morgan fingerprint density at radius 1 is 1.67 bits per heavy atom. The van der Waals surface area contributed by atoms with Crippen molar-refractivity contribution in [2.45, 2.75) is 6.04 Å². The van der Waals surface area contributed by atoms with Crippen molar-refractivity contribution in [2.75, 3.05) is 23.8 Å². The monoisotopic (exact) mass is 201 g/mol. The number of nitrogens with one attached hydrogen (secondary N) is 1. The SMILES string of the molecule is Nc1nc(C2CSCCN2)cs1. The van der Waals surface area contributed by atoms with E-state index in [0.29, 0.717) is 11.2 Å². The fourth-order valence-corrected chi connectivity index (χ4v) is 2.79. The Bertz CT molecular complexity index is 255. The van der Waals surface area contributed by atoms with Crippen molar-refractivity contribution in [2.24, 2.45) is 0 Å². The molecule has 3 nitrogen and oxygen atoms in total. The molecule has 2 rings (SSSR count). The number of nitrogens with two attached hydrogens (primary N) is 1. The van der Waals surface area contributed by atoms with Gasteiger partial charge in [-0.25, -0.2) is 4.98 Å². The number of rotatable bonds is 1. The van der Waals surface area contributed by atoms with Gasteiger partial charge in [-0.2, -0.15) is 11.8 Å². The van der Waals surface area contributed by atoms with Gasteiger partial charge in [0.2, 0.25) is 0 Å². The lowest BCUT2D eigenvalue weighted by atomic mass is 10.2. The molecule has 12 heavy (non-hydrogen) atoms. The highest BCUT2D eigenvalue weighted by Gasteiger charge is 2.16. The van der Waals surface area contributed by atoms with Crippen LogP contribution in [0.4, 0.5) is 5.13 Å². The number of thiazole rings is 1. The van der Waals surface area contributed by atoms with Gasteiger partial charge in [-0.05, 0) is 0 Å². The number of hydrogen-bond acceptors (Lipinski definition) is 5. The molecule has 0 bridgehead atoms. The molecule has 1 aromatic heterocycles. The molecule has 1 saturated heterocycles. The van der Waals surface area contributed by atoms with Gasteiger partial charge < -0.3 is 11.1 Å². The van der Waals surface area contributed by atoms with Gasteiger partial charge in [-0.3, -0.25) is 0 Å². The molecule has 1 unspecified atom stereocenters. The van der Waals surface area contributed by atoms with Crippen molar-refractivity contribution in [3.05, 3.63) is 11.1 Å². The molecule has 1 atom stereocenters. The average molecular weight is 201 g/mol. The van der Waals surface area contributed by atoms with E-state index >= 15 is 0 Å². The summed E-state index contributed by atoms with van der Waals surface area (Å²) in [5, 5.41) is 6.13. The molecule has 0 aromatic carbocycles. The van der Waals surface area contributed by atoms with E-state index in [0.717, 1.165) is 18.0 Å². The smallest absolute Gasteiger partial charge is 0.180 e. The molecular formula is C7H11N3S2. The zero-order valence-corrected chi connectivity index (χ0v) is 8.25. The lowest BCUT2D eigenvalue weighted by molar-refractivity contribution is 0.584. The highest BCUT2D eigenvalue weighted by atomic mass is 32.2. The summed E-state index contributed by atoms with van der Waals surface area (Å²) in [6.45, 7) is 1.08. The van der Waals surface area contributed by atoms with Gasteiger partial charge in [0.05, 0.1) is 11.7 Å². The summed E-state index contributed by atoms with van der Waals surface area (Å²) in [5.41, 5.74) is 6.66. The number of nitrogen functional groups attached to an aromatic ring is 1.